The Morgan fingerprint density at radius 1 is 0.955 bits per heavy atom. The molecule has 6 nitrogen and oxygen atoms in total. The molecule has 2 atom stereocenters. The van der Waals surface area contributed by atoms with Crippen LogP contribution in [0.4, 0.5) is 0 Å². The van der Waals surface area contributed by atoms with Crippen molar-refractivity contribution in [3.05, 3.63) is 98.5 Å². The first-order valence-electron chi connectivity index (χ1n) is 15.3. The summed E-state index contributed by atoms with van der Waals surface area (Å²) >= 11 is 18.3. The van der Waals surface area contributed by atoms with Crippen molar-refractivity contribution in [3.8, 4) is 0 Å². The summed E-state index contributed by atoms with van der Waals surface area (Å²) in [5, 5.41) is 4.32. The van der Waals surface area contributed by atoms with Crippen LogP contribution in [0.2, 0.25) is 15.1 Å². The first-order valence-corrected chi connectivity index (χ1v) is 17.8. The predicted octanol–water partition coefficient (Wildman–Crippen LogP) is 7.94. The van der Waals surface area contributed by atoms with Crippen molar-refractivity contribution in [2.24, 2.45) is 11.8 Å². The van der Waals surface area contributed by atoms with Gasteiger partial charge in [-0.1, -0.05) is 84.0 Å². The minimum Gasteiger partial charge on any atom is -0.356 e. The Labute approximate surface area is 276 Å². The second-order valence-electron chi connectivity index (χ2n) is 12.2. The quantitative estimate of drug-likeness (QED) is 0.237. The lowest BCUT2D eigenvalue weighted by molar-refractivity contribution is -0.122. The van der Waals surface area contributed by atoms with Crippen LogP contribution in [0.25, 0.3) is 0 Å². The Balaban J connectivity index is 1.19. The van der Waals surface area contributed by atoms with Gasteiger partial charge in [0.05, 0.1) is 21.0 Å². The van der Waals surface area contributed by atoms with Crippen LogP contribution in [0.15, 0.2) is 71.6 Å². The predicted molar refractivity (Wildman–Crippen MR) is 179 cm³/mol. The molecular weight excluding hydrogens is 637 g/mol. The third-order valence-electron chi connectivity index (χ3n) is 9.22. The molecule has 5 rings (SSSR count). The maximum absolute atomic E-state index is 13.8. The second-order valence-corrected chi connectivity index (χ2v) is 15.4. The van der Waals surface area contributed by atoms with Crippen LogP contribution in [0, 0.1) is 11.8 Å². The molecule has 0 aromatic heterocycles. The van der Waals surface area contributed by atoms with Gasteiger partial charge in [-0.25, -0.2) is 8.42 Å². The molecule has 0 bridgehead atoms. The van der Waals surface area contributed by atoms with Gasteiger partial charge in [-0.05, 0) is 98.6 Å². The summed E-state index contributed by atoms with van der Waals surface area (Å²) in [6.07, 6.45) is 6.09. The maximum Gasteiger partial charge on any atom is 0.243 e. The first kappa shape index (κ1) is 33.2. The Hall–Kier alpha value is -2.13. The molecule has 3 aromatic carbocycles. The molecule has 0 radical (unpaired) electrons. The highest BCUT2D eigenvalue weighted by Crippen LogP contribution is 2.41. The summed E-state index contributed by atoms with van der Waals surface area (Å²) in [5.74, 6) is 0.985. The second kappa shape index (κ2) is 14.5. The number of fused-ring (bicyclic) bond motifs is 1. The molecular formula is C34H40Cl3N3O3S. The molecule has 3 aromatic rings. The molecule has 0 saturated heterocycles. The van der Waals surface area contributed by atoms with Gasteiger partial charge in [-0.3, -0.25) is 4.79 Å². The minimum absolute atomic E-state index is 0.0515. The van der Waals surface area contributed by atoms with Gasteiger partial charge in [0, 0.05) is 30.6 Å². The Kier molecular flexibility index (Phi) is 11.0. The number of nitrogens with zero attached hydrogens (tertiary/aromatic N) is 2. The number of benzene rings is 3. The van der Waals surface area contributed by atoms with Gasteiger partial charge in [0.2, 0.25) is 15.9 Å². The van der Waals surface area contributed by atoms with E-state index >= 15 is 0 Å². The van der Waals surface area contributed by atoms with Crippen LogP contribution in [0.1, 0.15) is 67.3 Å². The Bertz CT molecular complexity index is 1560. The van der Waals surface area contributed by atoms with Crippen LogP contribution < -0.4 is 5.32 Å². The molecule has 2 unspecified atom stereocenters. The highest BCUT2D eigenvalue weighted by atomic mass is 35.5. The summed E-state index contributed by atoms with van der Waals surface area (Å²) in [7, 11) is 0.366. The molecule has 44 heavy (non-hydrogen) atoms. The molecule has 1 saturated carbocycles. The number of rotatable bonds is 10. The number of sulfonamides is 1. The van der Waals surface area contributed by atoms with E-state index < -0.39 is 16.1 Å². The van der Waals surface area contributed by atoms with Crippen molar-refractivity contribution in [1.29, 1.82) is 0 Å². The zero-order chi connectivity index (χ0) is 31.4. The summed E-state index contributed by atoms with van der Waals surface area (Å²) in [6.45, 7) is 0.862. The number of halogens is 3. The lowest BCUT2D eigenvalue weighted by atomic mass is 9.75. The number of amides is 1. The van der Waals surface area contributed by atoms with Crippen molar-refractivity contribution in [2.45, 2.75) is 61.9 Å². The normalized spacial score (nSPS) is 21.5. The fourth-order valence-corrected chi connectivity index (χ4v) is 9.13. The van der Waals surface area contributed by atoms with E-state index in [0.29, 0.717) is 30.8 Å². The highest BCUT2D eigenvalue weighted by molar-refractivity contribution is 7.89. The van der Waals surface area contributed by atoms with Gasteiger partial charge in [0.1, 0.15) is 0 Å². The SMILES string of the molecule is CN(C)C(c1ccc(Cl)cc1)C1CCC(CCNC(=O)CC2c3ccccc3CCN2S(=O)(=O)c2ccc(Cl)c(Cl)c2)CC1. The fourth-order valence-electron chi connectivity index (χ4n) is 7.01. The zero-order valence-electron chi connectivity index (χ0n) is 25.2. The van der Waals surface area contributed by atoms with E-state index in [4.69, 9.17) is 34.8 Å². The van der Waals surface area contributed by atoms with Crippen LogP contribution in [-0.4, -0.2) is 50.7 Å². The van der Waals surface area contributed by atoms with Crippen molar-refractivity contribution in [3.63, 3.8) is 0 Å². The molecule has 1 aliphatic carbocycles. The lowest BCUT2D eigenvalue weighted by Crippen LogP contribution is -2.42. The minimum atomic E-state index is -3.92. The molecule has 0 spiro atoms. The number of nitrogens with one attached hydrogen (secondary N) is 1. The van der Waals surface area contributed by atoms with E-state index in [2.05, 4.69) is 36.4 Å². The first-order chi connectivity index (χ1) is 21.0. The molecule has 1 N–H and O–H groups in total. The van der Waals surface area contributed by atoms with Crippen molar-refractivity contribution < 1.29 is 13.2 Å². The van der Waals surface area contributed by atoms with Crippen molar-refractivity contribution in [1.82, 2.24) is 14.5 Å². The molecule has 2 aliphatic rings. The lowest BCUT2D eigenvalue weighted by Gasteiger charge is -2.38. The van der Waals surface area contributed by atoms with E-state index in [1.54, 1.807) is 0 Å². The van der Waals surface area contributed by atoms with Crippen molar-refractivity contribution >= 4 is 50.7 Å². The van der Waals surface area contributed by atoms with E-state index in [1.807, 2.05) is 36.4 Å². The van der Waals surface area contributed by atoms with Gasteiger partial charge in [-0.15, -0.1) is 0 Å². The Morgan fingerprint density at radius 3 is 2.34 bits per heavy atom. The number of carbonyl (C=O) groups is 1. The number of carbonyl (C=O) groups excluding carboxylic acids is 1. The smallest absolute Gasteiger partial charge is 0.243 e. The van der Waals surface area contributed by atoms with E-state index in [0.717, 1.165) is 48.3 Å². The summed E-state index contributed by atoms with van der Waals surface area (Å²) in [6, 6.07) is 20.1. The number of hydrogen-bond acceptors (Lipinski definition) is 4. The Morgan fingerprint density at radius 2 is 1.66 bits per heavy atom. The van der Waals surface area contributed by atoms with E-state index in [9.17, 15) is 13.2 Å². The largest absolute Gasteiger partial charge is 0.356 e. The monoisotopic (exact) mass is 675 g/mol. The van der Waals surface area contributed by atoms with Crippen LogP contribution >= 0.6 is 34.8 Å². The third-order valence-corrected chi connectivity index (χ3v) is 12.1. The highest BCUT2D eigenvalue weighted by Gasteiger charge is 2.38. The molecule has 1 aliphatic heterocycles. The molecule has 236 valence electrons. The third kappa shape index (κ3) is 7.63. The average Bonchev–Trinajstić information content (AvgIpc) is 3.00. The molecule has 10 heteroatoms. The standard InChI is InChI=1S/C34H40Cl3N3O3S/c1-39(2)34(26-11-13-27(35)14-12-26)25-9-7-23(8-10-25)17-19-38-33(41)22-32-29-6-4-3-5-24(29)18-20-40(32)44(42,43)28-15-16-30(36)31(37)21-28/h3-6,11-16,21,23,25,32,34H,7-10,17-20,22H2,1-2H3,(H,38,41). The van der Waals surface area contributed by atoms with Gasteiger partial charge >= 0.3 is 0 Å². The average molecular weight is 677 g/mol. The molecule has 1 fully saturated rings. The number of hydrogen-bond donors (Lipinski definition) is 1. The molecule has 1 heterocycles. The fraction of sp³-hybridized carbons (Fsp3) is 0.441. The van der Waals surface area contributed by atoms with Crippen molar-refractivity contribution in [2.75, 3.05) is 27.2 Å². The summed E-state index contributed by atoms with van der Waals surface area (Å²) in [5.41, 5.74) is 3.24. The van der Waals surface area contributed by atoms with E-state index in [1.165, 1.54) is 28.1 Å². The topological polar surface area (TPSA) is 69.7 Å². The molecule has 1 amide bonds. The summed E-state index contributed by atoms with van der Waals surface area (Å²) < 4.78 is 29.0. The van der Waals surface area contributed by atoms with Gasteiger partial charge in [0.25, 0.3) is 0 Å². The van der Waals surface area contributed by atoms with Crippen LogP contribution in [0.3, 0.4) is 0 Å². The van der Waals surface area contributed by atoms with Crippen LogP contribution in [0.5, 0.6) is 0 Å². The van der Waals surface area contributed by atoms with E-state index in [-0.39, 0.29) is 33.8 Å². The maximum atomic E-state index is 13.8. The summed E-state index contributed by atoms with van der Waals surface area (Å²) in [4.78, 5) is 15.7. The van der Waals surface area contributed by atoms with Crippen LogP contribution in [-0.2, 0) is 21.2 Å². The zero-order valence-corrected chi connectivity index (χ0v) is 28.3. The van der Waals surface area contributed by atoms with Gasteiger partial charge < -0.3 is 10.2 Å². The van der Waals surface area contributed by atoms with Gasteiger partial charge in [-0.2, -0.15) is 4.31 Å². The van der Waals surface area contributed by atoms with Gasteiger partial charge in [0.15, 0.2) is 0 Å².